The summed E-state index contributed by atoms with van der Waals surface area (Å²) in [5.41, 5.74) is 3.90. The number of carboxylic acid groups (broad SMARTS) is 1. The van der Waals surface area contributed by atoms with Crippen LogP contribution in [0.4, 0.5) is 0 Å². The second-order valence-electron chi connectivity index (χ2n) is 5.24. The summed E-state index contributed by atoms with van der Waals surface area (Å²) >= 11 is 0. The Morgan fingerprint density at radius 1 is 1.26 bits per heavy atom. The number of hydrogen-bond donors (Lipinski definition) is 1. The molecule has 3 heteroatoms. The SMILES string of the molecule is COc1cc(C)c(C(C(=O)O)=C(C)C)cc1C(C)C. The van der Waals surface area contributed by atoms with Gasteiger partial charge in [0.2, 0.25) is 0 Å². The van der Waals surface area contributed by atoms with Gasteiger partial charge >= 0.3 is 5.97 Å². The lowest BCUT2D eigenvalue weighted by Crippen LogP contribution is -2.06. The molecule has 1 N–H and O–H groups in total. The first-order valence-corrected chi connectivity index (χ1v) is 6.39. The lowest BCUT2D eigenvalue weighted by atomic mass is 9.91. The monoisotopic (exact) mass is 262 g/mol. The number of carbonyl (C=O) groups is 1. The van der Waals surface area contributed by atoms with Crippen LogP contribution in [0.25, 0.3) is 5.57 Å². The zero-order chi connectivity index (χ0) is 14.7. The molecule has 0 heterocycles. The predicted molar refractivity (Wildman–Crippen MR) is 77.7 cm³/mol. The van der Waals surface area contributed by atoms with E-state index in [1.165, 1.54) is 0 Å². The van der Waals surface area contributed by atoms with E-state index in [0.29, 0.717) is 5.57 Å². The fraction of sp³-hybridized carbons (Fsp3) is 0.438. The van der Waals surface area contributed by atoms with Crippen LogP contribution in [0.1, 0.15) is 50.3 Å². The second kappa shape index (κ2) is 5.91. The number of allylic oxidation sites excluding steroid dienone is 1. The van der Waals surface area contributed by atoms with Crippen molar-refractivity contribution in [3.8, 4) is 5.75 Å². The van der Waals surface area contributed by atoms with Crippen LogP contribution in [0.5, 0.6) is 5.75 Å². The summed E-state index contributed by atoms with van der Waals surface area (Å²) in [5, 5.41) is 9.39. The van der Waals surface area contributed by atoms with E-state index in [2.05, 4.69) is 13.8 Å². The summed E-state index contributed by atoms with van der Waals surface area (Å²) in [6.45, 7) is 9.69. The number of aliphatic carboxylic acids is 1. The standard InChI is InChI=1S/C16H22O3/c1-9(2)12-8-13(11(5)7-14(12)19-6)15(10(3)4)16(17)18/h7-9H,1-6H3,(H,17,18). The number of carboxylic acids is 1. The molecular formula is C16H22O3. The normalized spacial score (nSPS) is 10.5. The van der Waals surface area contributed by atoms with Gasteiger partial charge in [0, 0.05) is 0 Å². The minimum Gasteiger partial charge on any atom is -0.496 e. The Hall–Kier alpha value is -1.77. The fourth-order valence-corrected chi connectivity index (χ4v) is 2.19. The van der Waals surface area contributed by atoms with Gasteiger partial charge in [-0.15, -0.1) is 0 Å². The highest BCUT2D eigenvalue weighted by Gasteiger charge is 2.18. The lowest BCUT2D eigenvalue weighted by molar-refractivity contribution is -0.130. The Morgan fingerprint density at radius 2 is 1.84 bits per heavy atom. The molecule has 0 aliphatic heterocycles. The average Bonchev–Trinajstić information content (AvgIpc) is 2.29. The minimum atomic E-state index is -0.886. The van der Waals surface area contributed by atoms with E-state index in [4.69, 9.17) is 4.74 Å². The van der Waals surface area contributed by atoms with Gasteiger partial charge in [0.1, 0.15) is 5.75 Å². The van der Waals surface area contributed by atoms with Gasteiger partial charge < -0.3 is 9.84 Å². The molecule has 0 atom stereocenters. The van der Waals surface area contributed by atoms with Crippen LogP contribution >= 0.6 is 0 Å². The van der Waals surface area contributed by atoms with Crippen LogP contribution in [0, 0.1) is 6.92 Å². The molecule has 0 spiro atoms. The molecule has 0 amide bonds. The number of rotatable bonds is 4. The van der Waals surface area contributed by atoms with E-state index in [1.807, 2.05) is 32.9 Å². The Labute approximate surface area is 114 Å². The highest BCUT2D eigenvalue weighted by molar-refractivity contribution is 6.16. The molecule has 19 heavy (non-hydrogen) atoms. The maximum absolute atomic E-state index is 11.4. The lowest BCUT2D eigenvalue weighted by Gasteiger charge is -2.17. The molecule has 0 bridgehead atoms. The summed E-state index contributed by atoms with van der Waals surface area (Å²) in [5.74, 6) is 0.208. The molecular weight excluding hydrogens is 240 g/mol. The van der Waals surface area contributed by atoms with Crippen LogP contribution in [0.2, 0.25) is 0 Å². The number of methoxy groups -OCH3 is 1. The van der Waals surface area contributed by atoms with Crippen molar-refractivity contribution < 1.29 is 14.6 Å². The molecule has 0 aromatic heterocycles. The van der Waals surface area contributed by atoms with Crippen molar-refractivity contribution in [1.29, 1.82) is 0 Å². The van der Waals surface area contributed by atoms with Gasteiger partial charge in [-0.05, 0) is 55.5 Å². The molecule has 0 aliphatic rings. The Morgan fingerprint density at radius 3 is 2.21 bits per heavy atom. The maximum Gasteiger partial charge on any atom is 0.336 e. The van der Waals surface area contributed by atoms with Crippen molar-refractivity contribution >= 4 is 11.5 Å². The number of hydrogen-bond acceptors (Lipinski definition) is 2. The number of aryl methyl sites for hydroxylation is 1. The highest BCUT2D eigenvalue weighted by Crippen LogP contribution is 2.33. The van der Waals surface area contributed by atoms with E-state index < -0.39 is 5.97 Å². The summed E-state index contributed by atoms with van der Waals surface area (Å²) in [7, 11) is 1.64. The third-order valence-electron chi connectivity index (χ3n) is 3.18. The van der Waals surface area contributed by atoms with Gasteiger partial charge in [0.05, 0.1) is 12.7 Å². The van der Waals surface area contributed by atoms with Gasteiger partial charge in [-0.25, -0.2) is 4.79 Å². The minimum absolute atomic E-state index is 0.279. The molecule has 0 aliphatic carbocycles. The maximum atomic E-state index is 11.4. The van der Waals surface area contributed by atoms with Crippen molar-refractivity contribution in [2.24, 2.45) is 0 Å². The van der Waals surface area contributed by atoms with Gasteiger partial charge in [-0.2, -0.15) is 0 Å². The number of ether oxygens (including phenoxy) is 1. The van der Waals surface area contributed by atoms with Gasteiger partial charge in [0.15, 0.2) is 0 Å². The van der Waals surface area contributed by atoms with Crippen molar-refractivity contribution in [3.05, 3.63) is 34.4 Å². The smallest absolute Gasteiger partial charge is 0.336 e. The zero-order valence-electron chi connectivity index (χ0n) is 12.5. The first-order chi connectivity index (χ1) is 8.79. The predicted octanol–water partition coefficient (Wildman–Crippen LogP) is 4.01. The molecule has 0 radical (unpaired) electrons. The van der Waals surface area contributed by atoms with E-state index >= 15 is 0 Å². The van der Waals surface area contributed by atoms with E-state index in [1.54, 1.807) is 7.11 Å². The van der Waals surface area contributed by atoms with Crippen LogP contribution in [-0.4, -0.2) is 18.2 Å². The summed E-state index contributed by atoms with van der Waals surface area (Å²) in [6, 6.07) is 3.85. The first kappa shape index (κ1) is 15.3. The molecule has 0 fully saturated rings. The topological polar surface area (TPSA) is 46.5 Å². The van der Waals surface area contributed by atoms with Crippen LogP contribution < -0.4 is 4.74 Å². The molecule has 0 saturated carbocycles. The highest BCUT2D eigenvalue weighted by atomic mass is 16.5. The summed E-state index contributed by atoms with van der Waals surface area (Å²) in [4.78, 5) is 11.4. The van der Waals surface area contributed by atoms with Crippen LogP contribution in [-0.2, 0) is 4.79 Å². The third kappa shape index (κ3) is 3.16. The van der Waals surface area contributed by atoms with E-state index in [-0.39, 0.29) is 5.92 Å². The Bertz CT molecular complexity index is 521. The number of benzene rings is 1. The third-order valence-corrected chi connectivity index (χ3v) is 3.18. The van der Waals surface area contributed by atoms with Gasteiger partial charge in [-0.3, -0.25) is 0 Å². The van der Waals surface area contributed by atoms with E-state index in [0.717, 1.165) is 28.0 Å². The molecule has 0 saturated heterocycles. The quantitative estimate of drug-likeness (QED) is 0.834. The van der Waals surface area contributed by atoms with Crippen molar-refractivity contribution in [2.45, 2.75) is 40.5 Å². The largest absolute Gasteiger partial charge is 0.496 e. The molecule has 0 unspecified atom stereocenters. The second-order valence-corrected chi connectivity index (χ2v) is 5.24. The van der Waals surface area contributed by atoms with E-state index in [9.17, 15) is 9.90 Å². The average molecular weight is 262 g/mol. The molecule has 104 valence electrons. The first-order valence-electron chi connectivity index (χ1n) is 6.39. The van der Waals surface area contributed by atoms with Crippen LogP contribution in [0.15, 0.2) is 17.7 Å². The molecule has 3 nitrogen and oxygen atoms in total. The summed E-state index contributed by atoms with van der Waals surface area (Å²) in [6.07, 6.45) is 0. The van der Waals surface area contributed by atoms with Crippen molar-refractivity contribution in [1.82, 2.24) is 0 Å². The molecule has 1 rings (SSSR count). The molecule has 1 aromatic rings. The van der Waals surface area contributed by atoms with Crippen molar-refractivity contribution in [3.63, 3.8) is 0 Å². The van der Waals surface area contributed by atoms with Crippen molar-refractivity contribution in [2.75, 3.05) is 7.11 Å². The molecule has 1 aromatic carbocycles. The van der Waals surface area contributed by atoms with Gasteiger partial charge in [0.25, 0.3) is 0 Å². The van der Waals surface area contributed by atoms with Crippen LogP contribution in [0.3, 0.4) is 0 Å². The fourth-order valence-electron chi connectivity index (χ4n) is 2.19. The summed E-state index contributed by atoms with van der Waals surface area (Å²) < 4.78 is 5.38. The Kier molecular flexibility index (Phi) is 4.76. The zero-order valence-corrected chi connectivity index (χ0v) is 12.5. The van der Waals surface area contributed by atoms with Gasteiger partial charge in [-0.1, -0.05) is 19.4 Å². The Balaban J connectivity index is 3.58.